The van der Waals surface area contributed by atoms with Gasteiger partial charge in [-0.1, -0.05) is 18.2 Å². The fraction of sp³-hybridized carbons (Fsp3) is 0.133. The van der Waals surface area contributed by atoms with E-state index in [2.05, 4.69) is 15.9 Å². The lowest BCUT2D eigenvalue weighted by Crippen LogP contribution is -2.11. The van der Waals surface area contributed by atoms with Gasteiger partial charge >= 0.3 is 10.1 Å². The second kappa shape index (κ2) is 5.99. The number of rotatable bonds is 4. The molecule has 0 saturated carbocycles. The molecule has 0 aliphatic rings. The minimum Gasteiger partial charge on any atom is -0.379 e. The lowest BCUT2D eigenvalue weighted by Gasteiger charge is -2.09. The van der Waals surface area contributed by atoms with Crippen LogP contribution in [0.3, 0.4) is 0 Å². The summed E-state index contributed by atoms with van der Waals surface area (Å²) in [6.07, 6.45) is 0. The molecule has 0 N–H and O–H groups in total. The number of Topliss-reactive ketones (excluding diaryl/α,β-unsaturated/α-hetero) is 1. The van der Waals surface area contributed by atoms with Crippen molar-refractivity contribution in [2.24, 2.45) is 0 Å². The number of carbonyl (C=O) groups excluding carboxylic acids is 1. The highest BCUT2D eigenvalue weighted by Crippen LogP contribution is 2.26. The Morgan fingerprint density at radius 1 is 1.14 bits per heavy atom. The van der Waals surface area contributed by atoms with E-state index in [0.29, 0.717) is 10.0 Å². The maximum Gasteiger partial charge on any atom is 0.340 e. The Hall–Kier alpha value is -1.66. The van der Waals surface area contributed by atoms with Crippen LogP contribution in [0.1, 0.15) is 22.8 Å². The van der Waals surface area contributed by atoms with Crippen LogP contribution < -0.4 is 4.18 Å². The first kappa shape index (κ1) is 15.7. The number of hydrogen-bond acceptors (Lipinski definition) is 4. The highest BCUT2D eigenvalue weighted by Gasteiger charge is 2.20. The van der Waals surface area contributed by atoms with E-state index in [1.165, 1.54) is 25.1 Å². The highest BCUT2D eigenvalue weighted by atomic mass is 79.9. The Bertz CT molecular complexity index is 797. The molecule has 0 amide bonds. The monoisotopic (exact) mass is 368 g/mol. The number of aryl methyl sites for hydroxylation is 1. The third kappa shape index (κ3) is 3.71. The Morgan fingerprint density at radius 2 is 1.86 bits per heavy atom. The van der Waals surface area contributed by atoms with E-state index in [4.69, 9.17) is 4.18 Å². The van der Waals surface area contributed by atoms with Gasteiger partial charge in [0.15, 0.2) is 5.78 Å². The molecule has 0 radical (unpaired) electrons. The Balaban J connectivity index is 2.37. The van der Waals surface area contributed by atoms with Gasteiger partial charge in [0.1, 0.15) is 10.6 Å². The molecule has 0 aromatic heterocycles. The normalized spacial score (nSPS) is 11.2. The van der Waals surface area contributed by atoms with Crippen molar-refractivity contribution < 1.29 is 17.4 Å². The molecule has 0 saturated heterocycles. The van der Waals surface area contributed by atoms with E-state index in [1.807, 2.05) is 6.92 Å². The second-order valence-electron chi connectivity index (χ2n) is 4.56. The molecule has 0 aliphatic carbocycles. The topological polar surface area (TPSA) is 60.4 Å². The number of carbonyl (C=O) groups is 1. The summed E-state index contributed by atoms with van der Waals surface area (Å²) in [6.45, 7) is 3.27. The number of ketones is 1. The van der Waals surface area contributed by atoms with E-state index in [1.54, 1.807) is 24.3 Å². The summed E-state index contributed by atoms with van der Waals surface area (Å²) in [5.41, 5.74) is 1.32. The molecule has 4 nitrogen and oxygen atoms in total. The van der Waals surface area contributed by atoms with Crippen LogP contribution in [-0.2, 0) is 10.1 Å². The van der Waals surface area contributed by atoms with Gasteiger partial charge in [-0.15, -0.1) is 0 Å². The van der Waals surface area contributed by atoms with Gasteiger partial charge in [-0.2, -0.15) is 8.42 Å². The van der Waals surface area contributed by atoms with Crippen molar-refractivity contribution in [3.05, 3.63) is 58.1 Å². The lowest BCUT2D eigenvalue weighted by atomic mass is 10.1. The molecule has 21 heavy (non-hydrogen) atoms. The molecule has 0 aliphatic heterocycles. The quantitative estimate of drug-likeness (QED) is 0.609. The molecule has 0 spiro atoms. The number of hydrogen-bond donors (Lipinski definition) is 0. The summed E-state index contributed by atoms with van der Waals surface area (Å²) in [5, 5.41) is 0. The smallest absolute Gasteiger partial charge is 0.340 e. The first-order chi connectivity index (χ1) is 9.79. The molecule has 0 heterocycles. The van der Waals surface area contributed by atoms with E-state index in [9.17, 15) is 13.2 Å². The van der Waals surface area contributed by atoms with Crippen molar-refractivity contribution in [1.29, 1.82) is 0 Å². The molecule has 0 fully saturated rings. The zero-order valence-electron chi connectivity index (χ0n) is 11.5. The minimum absolute atomic E-state index is 0.0429. The zero-order chi connectivity index (χ0) is 15.6. The Morgan fingerprint density at radius 3 is 2.48 bits per heavy atom. The maximum absolute atomic E-state index is 12.3. The molecule has 6 heteroatoms. The average molecular weight is 369 g/mol. The van der Waals surface area contributed by atoms with E-state index in [-0.39, 0.29) is 16.4 Å². The van der Waals surface area contributed by atoms with Crippen LogP contribution in [-0.4, -0.2) is 14.2 Å². The molecule has 0 unspecified atom stereocenters. The maximum atomic E-state index is 12.3. The summed E-state index contributed by atoms with van der Waals surface area (Å²) in [6, 6.07) is 10.9. The van der Waals surface area contributed by atoms with Crippen LogP contribution in [0.15, 0.2) is 51.8 Å². The summed E-state index contributed by atoms with van der Waals surface area (Å²) < 4.78 is 30.1. The largest absolute Gasteiger partial charge is 0.379 e. The second-order valence-corrected chi connectivity index (χ2v) is 6.92. The van der Waals surface area contributed by atoms with Gasteiger partial charge in [-0.05, 0) is 59.6 Å². The van der Waals surface area contributed by atoms with Crippen molar-refractivity contribution in [1.82, 2.24) is 0 Å². The number of halogens is 1. The lowest BCUT2D eigenvalue weighted by molar-refractivity contribution is 0.101. The van der Waals surface area contributed by atoms with Gasteiger partial charge in [-0.3, -0.25) is 4.79 Å². The molecule has 0 atom stereocenters. The van der Waals surface area contributed by atoms with E-state index < -0.39 is 10.1 Å². The van der Waals surface area contributed by atoms with Crippen molar-refractivity contribution in [3.63, 3.8) is 0 Å². The van der Waals surface area contributed by atoms with Crippen molar-refractivity contribution in [2.45, 2.75) is 18.7 Å². The predicted octanol–water partition coefficient (Wildman–Crippen LogP) is 3.73. The zero-order valence-corrected chi connectivity index (χ0v) is 13.9. The van der Waals surface area contributed by atoms with Crippen LogP contribution in [0.5, 0.6) is 5.75 Å². The standard InChI is InChI=1S/C15H13BrO4S/c1-10-6-7-15(14(16)8-10)21(18,19)20-13-5-3-4-12(9-13)11(2)17/h3-9H,1-2H3. The molecule has 110 valence electrons. The third-order valence-electron chi connectivity index (χ3n) is 2.80. The van der Waals surface area contributed by atoms with E-state index in [0.717, 1.165) is 5.56 Å². The van der Waals surface area contributed by atoms with Crippen LogP contribution in [0.2, 0.25) is 0 Å². The molecule has 2 rings (SSSR count). The fourth-order valence-corrected chi connectivity index (χ4v) is 3.81. The fourth-order valence-electron chi connectivity index (χ4n) is 1.75. The van der Waals surface area contributed by atoms with Crippen molar-refractivity contribution in [2.75, 3.05) is 0 Å². The first-order valence-electron chi connectivity index (χ1n) is 6.11. The molecule has 2 aromatic carbocycles. The Labute approximate surface area is 132 Å². The van der Waals surface area contributed by atoms with Gasteiger partial charge in [-0.25, -0.2) is 0 Å². The van der Waals surface area contributed by atoms with E-state index >= 15 is 0 Å². The van der Waals surface area contributed by atoms with Crippen LogP contribution in [0.4, 0.5) is 0 Å². The average Bonchev–Trinajstić information content (AvgIpc) is 2.37. The van der Waals surface area contributed by atoms with Crippen molar-refractivity contribution in [3.8, 4) is 5.75 Å². The summed E-state index contributed by atoms with van der Waals surface area (Å²) in [4.78, 5) is 11.4. The van der Waals surface area contributed by atoms with Gasteiger partial charge in [0.05, 0.1) is 0 Å². The highest BCUT2D eigenvalue weighted by molar-refractivity contribution is 9.10. The molecular formula is C15H13BrO4S. The third-order valence-corrected chi connectivity index (χ3v) is 5.03. The minimum atomic E-state index is -3.96. The van der Waals surface area contributed by atoms with Gasteiger partial charge < -0.3 is 4.18 Å². The summed E-state index contributed by atoms with van der Waals surface area (Å²) >= 11 is 3.22. The SMILES string of the molecule is CC(=O)c1cccc(OS(=O)(=O)c2ccc(C)cc2Br)c1. The van der Waals surface area contributed by atoms with Crippen molar-refractivity contribution >= 4 is 31.8 Å². The Kier molecular flexibility index (Phi) is 4.49. The van der Waals surface area contributed by atoms with Gasteiger partial charge in [0.25, 0.3) is 0 Å². The predicted molar refractivity (Wildman–Crippen MR) is 83.1 cm³/mol. The van der Waals surface area contributed by atoms with Crippen LogP contribution in [0.25, 0.3) is 0 Å². The first-order valence-corrected chi connectivity index (χ1v) is 8.31. The number of benzene rings is 2. The summed E-state index contributed by atoms with van der Waals surface area (Å²) in [7, 11) is -3.96. The summed E-state index contributed by atoms with van der Waals surface area (Å²) in [5.74, 6) is -0.0514. The van der Waals surface area contributed by atoms with Gasteiger partial charge in [0.2, 0.25) is 0 Å². The molecular weight excluding hydrogens is 356 g/mol. The molecule has 0 bridgehead atoms. The van der Waals surface area contributed by atoms with Crippen LogP contribution >= 0.6 is 15.9 Å². The van der Waals surface area contributed by atoms with Gasteiger partial charge in [0, 0.05) is 10.0 Å². The van der Waals surface area contributed by atoms with Crippen LogP contribution in [0, 0.1) is 6.92 Å². The molecule has 2 aromatic rings.